The molecule has 1 heterocycles. The summed E-state index contributed by atoms with van der Waals surface area (Å²) >= 11 is 0. The number of hydrogen-bond donors (Lipinski definition) is 1. The summed E-state index contributed by atoms with van der Waals surface area (Å²) in [6.45, 7) is 1.54. The van der Waals surface area contributed by atoms with Gasteiger partial charge < -0.3 is 15.0 Å². The third-order valence-corrected chi connectivity index (χ3v) is 5.70. The van der Waals surface area contributed by atoms with Crippen molar-refractivity contribution in [1.29, 1.82) is 0 Å². The Hall–Kier alpha value is -2.96. The molecule has 0 atom stereocenters. The number of ether oxygens (including phenoxy) is 1. The summed E-state index contributed by atoms with van der Waals surface area (Å²) in [5, 5.41) is 3.61. The van der Waals surface area contributed by atoms with E-state index in [1.165, 1.54) is 11.9 Å². The van der Waals surface area contributed by atoms with Crippen LogP contribution in [0.4, 0.5) is 0 Å². The van der Waals surface area contributed by atoms with Gasteiger partial charge in [0.05, 0.1) is 17.6 Å². The molecule has 4 rings (SSSR count). The Kier molecular flexibility index (Phi) is 5.70. The zero-order valence-corrected chi connectivity index (χ0v) is 17.5. The van der Waals surface area contributed by atoms with Crippen molar-refractivity contribution in [3.05, 3.63) is 40.6 Å². The number of aromatic nitrogens is 1. The number of nitrogens with one attached hydrogen (secondary N) is 1. The number of fused-ring (bicyclic) bond motifs is 2. The maximum atomic E-state index is 13.0. The first kappa shape index (κ1) is 20.3. The molecule has 7 nitrogen and oxygen atoms in total. The zero-order valence-electron chi connectivity index (χ0n) is 17.5. The molecule has 2 aromatic rings. The molecular weight excluding hydrogens is 382 g/mol. The molecule has 2 aliphatic rings. The molecule has 2 amide bonds. The van der Waals surface area contributed by atoms with Crippen LogP contribution in [0.2, 0.25) is 0 Å². The van der Waals surface area contributed by atoms with E-state index in [0.29, 0.717) is 5.56 Å². The number of pyridine rings is 1. The first-order valence-corrected chi connectivity index (χ1v) is 10.5. The van der Waals surface area contributed by atoms with E-state index in [9.17, 15) is 14.4 Å². The first-order valence-electron chi connectivity index (χ1n) is 10.5. The third kappa shape index (κ3) is 4.45. The molecule has 0 radical (unpaired) electrons. The molecule has 2 aliphatic carbocycles. The minimum absolute atomic E-state index is 0.0420. The van der Waals surface area contributed by atoms with Crippen molar-refractivity contribution >= 4 is 28.7 Å². The fraction of sp³-hybridized carbons (Fsp3) is 0.478. The molecule has 1 fully saturated rings. The van der Waals surface area contributed by atoms with Gasteiger partial charge in [0.25, 0.3) is 5.91 Å². The van der Waals surface area contributed by atoms with E-state index in [-0.39, 0.29) is 18.5 Å². The molecule has 7 heteroatoms. The third-order valence-electron chi connectivity index (χ3n) is 5.70. The summed E-state index contributed by atoms with van der Waals surface area (Å²) in [5.41, 5.74) is 4.22. The fourth-order valence-electron chi connectivity index (χ4n) is 3.89. The van der Waals surface area contributed by atoms with E-state index in [0.717, 1.165) is 66.2 Å². The number of benzene rings is 1. The van der Waals surface area contributed by atoms with Crippen LogP contribution < -0.4 is 5.32 Å². The van der Waals surface area contributed by atoms with Crippen LogP contribution in [-0.4, -0.2) is 53.9 Å². The Morgan fingerprint density at radius 1 is 1.20 bits per heavy atom. The van der Waals surface area contributed by atoms with Gasteiger partial charge in [-0.05, 0) is 63.1 Å². The smallest absolute Gasteiger partial charge is 0.339 e. The molecule has 1 N–H and O–H groups in total. The van der Waals surface area contributed by atoms with Crippen molar-refractivity contribution in [2.24, 2.45) is 0 Å². The van der Waals surface area contributed by atoms with Gasteiger partial charge in [0.2, 0.25) is 5.91 Å². The number of hydrogen-bond acceptors (Lipinski definition) is 5. The molecule has 0 bridgehead atoms. The lowest BCUT2D eigenvalue weighted by molar-refractivity contribution is -0.137. The molecule has 1 aromatic carbocycles. The van der Waals surface area contributed by atoms with Crippen molar-refractivity contribution in [3.63, 3.8) is 0 Å². The molecular formula is C23H27N3O4. The minimum Gasteiger partial charge on any atom is -0.452 e. The number of esters is 1. The molecule has 0 saturated heterocycles. The number of aryl methyl sites for hydroxylation is 2. The molecule has 1 saturated carbocycles. The lowest BCUT2D eigenvalue weighted by atomic mass is 9.89. The SMILES string of the molecule is Cc1ccc2nc3c(c(C(=O)OCC(=O)N(C)CC(=O)NC4CC4)c2c1)CCCC3. The minimum atomic E-state index is -0.504. The van der Waals surface area contributed by atoms with Crippen LogP contribution in [0.25, 0.3) is 10.9 Å². The average Bonchev–Trinajstić information content (AvgIpc) is 3.53. The number of rotatable bonds is 6. The van der Waals surface area contributed by atoms with E-state index in [2.05, 4.69) is 5.32 Å². The van der Waals surface area contributed by atoms with Crippen molar-refractivity contribution in [2.45, 2.75) is 51.5 Å². The topological polar surface area (TPSA) is 88.6 Å². The Labute approximate surface area is 175 Å². The van der Waals surface area contributed by atoms with E-state index < -0.39 is 18.5 Å². The largest absolute Gasteiger partial charge is 0.452 e. The van der Waals surface area contributed by atoms with E-state index in [1.807, 2.05) is 25.1 Å². The number of carbonyl (C=O) groups excluding carboxylic acids is 3. The lowest BCUT2D eigenvalue weighted by Crippen LogP contribution is -2.40. The van der Waals surface area contributed by atoms with Crippen molar-refractivity contribution in [2.75, 3.05) is 20.2 Å². The molecule has 30 heavy (non-hydrogen) atoms. The quantitative estimate of drug-likeness (QED) is 0.740. The second kappa shape index (κ2) is 8.42. The Bertz CT molecular complexity index is 1010. The van der Waals surface area contributed by atoms with Crippen LogP contribution >= 0.6 is 0 Å². The lowest BCUT2D eigenvalue weighted by Gasteiger charge is -2.21. The Balaban J connectivity index is 1.49. The monoisotopic (exact) mass is 409 g/mol. The van der Waals surface area contributed by atoms with E-state index >= 15 is 0 Å². The van der Waals surface area contributed by atoms with Crippen molar-refractivity contribution in [3.8, 4) is 0 Å². The molecule has 1 aromatic heterocycles. The van der Waals surface area contributed by atoms with Crippen molar-refractivity contribution in [1.82, 2.24) is 15.2 Å². The molecule has 0 unspecified atom stereocenters. The number of likely N-dealkylation sites (N-methyl/N-ethyl adjacent to an activating group) is 1. The highest BCUT2D eigenvalue weighted by Crippen LogP contribution is 2.30. The summed E-state index contributed by atoms with van der Waals surface area (Å²) in [7, 11) is 1.54. The fourth-order valence-corrected chi connectivity index (χ4v) is 3.89. The summed E-state index contributed by atoms with van der Waals surface area (Å²) in [5.74, 6) is -1.10. The van der Waals surface area contributed by atoms with Crippen LogP contribution in [0.5, 0.6) is 0 Å². The molecule has 0 aliphatic heterocycles. The standard InChI is InChI=1S/C23H27N3O4/c1-14-7-10-19-17(11-14)22(16-5-3-4-6-18(16)25-19)23(29)30-13-21(28)26(2)12-20(27)24-15-8-9-15/h7,10-11,15H,3-6,8-9,12-13H2,1-2H3,(H,24,27). The predicted octanol–water partition coefficient (Wildman–Crippen LogP) is 2.32. The van der Waals surface area contributed by atoms with Crippen LogP contribution in [-0.2, 0) is 27.2 Å². The van der Waals surface area contributed by atoms with Gasteiger partial charge in [-0.3, -0.25) is 14.6 Å². The molecule has 0 spiro atoms. The van der Waals surface area contributed by atoms with Gasteiger partial charge in [-0.25, -0.2) is 4.79 Å². The Morgan fingerprint density at radius 3 is 2.73 bits per heavy atom. The van der Waals surface area contributed by atoms with Crippen LogP contribution in [0.3, 0.4) is 0 Å². The predicted molar refractivity (Wildman–Crippen MR) is 112 cm³/mol. The van der Waals surface area contributed by atoms with Gasteiger partial charge in [-0.15, -0.1) is 0 Å². The van der Waals surface area contributed by atoms with Gasteiger partial charge in [0.15, 0.2) is 6.61 Å². The Morgan fingerprint density at radius 2 is 1.97 bits per heavy atom. The maximum absolute atomic E-state index is 13.0. The summed E-state index contributed by atoms with van der Waals surface area (Å²) < 4.78 is 5.41. The summed E-state index contributed by atoms with van der Waals surface area (Å²) in [4.78, 5) is 43.4. The number of amides is 2. The first-order chi connectivity index (χ1) is 14.4. The zero-order chi connectivity index (χ0) is 21.3. The highest BCUT2D eigenvalue weighted by Gasteiger charge is 2.26. The highest BCUT2D eigenvalue weighted by molar-refractivity contribution is 6.05. The highest BCUT2D eigenvalue weighted by atomic mass is 16.5. The second-order valence-corrected chi connectivity index (χ2v) is 8.31. The van der Waals surface area contributed by atoms with Crippen LogP contribution in [0.1, 0.15) is 52.9 Å². The summed E-state index contributed by atoms with van der Waals surface area (Å²) in [6.07, 6.45) is 5.67. The average molecular weight is 409 g/mol. The van der Waals surface area contributed by atoms with Gasteiger partial charge in [-0.1, -0.05) is 11.6 Å². The van der Waals surface area contributed by atoms with Gasteiger partial charge in [0, 0.05) is 24.2 Å². The van der Waals surface area contributed by atoms with Gasteiger partial charge in [0.1, 0.15) is 0 Å². The van der Waals surface area contributed by atoms with Gasteiger partial charge in [-0.2, -0.15) is 0 Å². The molecule has 158 valence electrons. The van der Waals surface area contributed by atoms with Crippen LogP contribution in [0.15, 0.2) is 18.2 Å². The summed E-state index contributed by atoms with van der Waals surface area (Å²) in [6, 6.07) is 6.09. The number of carbonyl (C=O) groups is 3. The van der Waals surface area contributed by atoms with E-state index in [1.54, 1.807) is 0 Å². The number of nitrogens with zero attached hydrogens (tertiary/aromatic N) is 2. The van der Waals surface area contributed by atoms with Gasteiger partial charge >= 0.3 is 5.97 Å². The van der Waals surface area contributed by atoms with E-state index in [4.69, 9.17) is 9.72 Å². The van der Waals surface area contributed by atoms with Crippen LogP contribution in [0, 0.1) is 6.92 Å². The normalized spacial score (nSPS) is 15.4. The maximum Gasteiger partial charge on any atom is 0.339 e. The second-order valence-electron chi connectivity index (χ2n) is 8.31. The van der Waals surface area contributed by atoms with Crippen molar-refractivity contribution < 1.29 is 19.1 Å².